The van der Waals surface area contributed by atoms with Crippen molar-refractivity contribution in [1.82, 2.24) is 9.61 Å². The highest BCUT2D eigenvalue weighted by Gasteiger charge is 2.48. The molecule has 0 N–H and O–H groups in total. The third-order valence-electron chi connectivity index (χ3n) is 5.43. The maximum absolute atomic E-state index is 12.9. The molecular weight excluding hydrogens is 501 g/mol. The Balaban J connectivity index is 2.79. The first-order valence-corrected chi connectivity index (χ1v) is 14.0. The van der Waals surface area contributed by atoms with Crippen LogP contribution in [-0.4, -0.2) is 58.0 Å². The van der Waals surface area contributed by atoms with Gasteiger partial charge < -0.3 is 18.1 Å². The molecule has 10 nitrogen and oxygen atoms in total. The van der Waals surface area contributed by atoms with E-state index in [1.54, 1.807) is 0 Å². The Morgan fingerprint density at radius 2 is 1.62 bits per heavy atom. The number of carbonyl (C=O) groups is 2. The second-order valence-corrected chi connectivity index (χ2v) is 15.1. The summed E-state index contributed by atoms with van der Waals surface area (Å²) in [4.78, 5) is 24.6. The molecule has 2 aromatic heterocycles. The number of pyridine rings is 1. The topological polar surface area (TPSA) is 122 Å². The van der Waals surface area contributed by atoms with E-state index in [4.69, 9.17) is 4.43 Å². The maximum atomic E-state index is 12.9. The summed E-state index contributed by atoms with van der Waals surface area (Å²) in [5.41, 5.74) is -6.85. The summed E-state index contributed by atoms with van der Waals surface area (Å²) in [5.74, 6) is -2.84. The van der Waals surface area contributed by atoms with Gasteiger partial charge in [0.25, 0.3) is 0 Å². The van der Waals surface area contributed by atoms with Crippen molar-refractivity contribution < 1.29 is 49.3 Å². The van der Waals surface area contributed by atoms with Crippen LogP contribution in [-0.2, 0) is 30.6 Å². The second-order valence-electron chi connectivity index (χ2n) is 8.72. The molecule has 0 aromatic carbocycles. The van der Waals surface area contributed by atoms with Gasteiger partial charge in [-0.15, -0.1) is 0 Å². The number of nitrogens with zero attached hydrogens (tertiary/aromatic N) is 2. The molecule has 190 valence electrons. The second kappa shape index (κ2) is 9.18. The molecule has 0 aliphatic rings. The fourth-order valence-electron chi connectivity index (χ4n) is 2.52. The van der Waals surface area contributed by atoms with E-state index in [0.717, 1.165) is 30.9 Å². The first-order chi connectivity index (χ1) is 15.4. The van der Waals surface area contributed by atoms with E-state index in [0.29, 0.717) is 0 Å². The summed E-state index contributed by atoms with van der Waals surface area (Å²) >= 11 is 0. The van der Waals surface area contributed by atoms with Crippen molar-refractivity contribution in [3.8, 4) is 5.75 Å². The van der Waals surface area contributed by atoms with Crippen LogP contribution in [0.5, 0.6) is 5.75 Å². The number of rotatable bonds is 7. The van der Waals surface area contributed by atoms with Gasteiger partial charge in [0, 0.05) is 12.1 Å². The molecule has 2 rings (SSSR count). The first-order valence-electron chi connectivity index (χ1n) is 9.73. The third kappa shape index (κ3) is 5.36. The average molecular weight is 527 g/mol. The molecule has 0 aliphatic carbocycles. The van der Waals surface area contributed by atoms with Crippen LogP contribution in [0.3, 0.4) is 0 Å². The van der Waals surface area contributed by atoms with Crippen molar-refractivity contribution >= 4 is 35.9 Å². The number of halogens is 3. The van der Waals surface area contributed by atoms with Gasteiger partial charge in [0.05, 0.1) is 32.0 Å². The van der Waals surface area contributed by atoms with Crippen LogP contribution in [0.1, 0.15) is 47.3 Å². The minimum atomic E-state index is -6.03. The molecule has 0 radical (unpaired) electrons. The number of hydrogen-bond acceptors (Lipinski definition) is 9. The van der Waals surface area contributed by atoms with Crippen LogP contribution in [0.2, 0.25) is 18.1 Å². The Kier molecular flexibility index (Phi) is 7.45. The lowest BCUT2D eigenvalue weighted by Crippen LogP contribution is -2.40. The van der Waals surface area contributed by atoms with E-state index >= 15 is 0 Å². The highest BCUT2D eigenvalue weighted by molar-refractivity contribution is 7.88. The Bertz CT molecular complexity index is 1220. The van der Waals surface area contributed by atoms with Crippen molar-refractivity contribution in [2.75, 3.05) is 14.2 Å². The van der Waals surface area contributed by atoms with Crippen LogP contribution < -0.4 is 4.18 Å². The SMILES string of the molecule is COC(=O)c1nn2c(CO[Si](C)(C)C(C)(C)C)cc(OS(=O)(=O)C(F)(F)F)cc2c1C(=O)OC. The summed E-state index contributed by atoms with van der Waals surface area (Å²) in [6.45, 7) is 9.48. The lowest BCUT2D eigenvalue weighted by atomic mass is 10.2. The molecule has 34 heavy (non-hydrogen) atoms. The van der Waals surface area contributed by atoms with Crippen molar-refractivity contribution in [2.45, 2.75) is 51.0 Å². The molecule has 0 unspecified atom stereocenters. The van der Waals surface area contributed by atoms with Crippen LogP contribution in [0, 0.1) is 0 Å². The minimum Gasteiger partial charge on any atom is -0.465 e. The Morgan fingerprint density at radius 1 is 1.06 bits per heavy atom. The zero-order valence-corrected chi connectivity index (χ0v) is 21.4. The largest absolute Gasteiger partial charge is 0.534 e. The van der Waals surface area contributed by atoms with Gasteiger partial charge in [-0.05, 0) is 18.1 Å². The number of methoxy groups -OCH3 is 2. The number of aromatic nitrogens is 2. The zero-order valence-electron chi connectivity index (χ0n) is 19.6. The fourth-order valence-corrected chi connectivity index (χ4v) is 3.91. The van der Waals surface area contributed by atoms with Gasteiger partial charge in [0.2, 0.25) is 0 Å². The molecule has 15 heteroatoms. The van der Waals surface area contributed by atoms with Gasteiger partial charge in [0.15, 0.2) is 14.0 Å². The normalized spacial score (nSPS) is 13.1. The third-order valence-corrected chi connectivity index (χ3v) is 10.9. The van der Waals surface area contributed by atoms with E-state index in [-0.39, 0.29) is 22.9 Å². The molecule has 0 spiro atoms. The molecular formula is C19H25F3N2O8SSi. The van der Waals surface area contributed by atoms with Crippen LogP contribution in [0.4, 0.5) is 13.2 Å². The van der Waals surface area contributed by atoms with Gasteiger partial charge in [-0.25, -0.2) is 14.1 Å². The summed E-state index contributed by atoms with van der Waals surface area (Å²) in [5, 5.41) is 3.81. The standard InChI is InChI=1S/C19H25F3N2O8SSi/c1-18(2,3)34(6,7)31-10-11-8-12(32-33(27,28)19(20,21)22)9-13-14(16(25)29-4)15(17(26)30-5)23-24(11)13/h8-9H,10H2,1-7H3. The van der Waals surface area contributed by atoms with E-state index in [1.165, 1.54) is 0 Å². The Morgan fingerprint density at radius 3 is 2.09 bits per heavy atom. The zero-order chi connectivity index (χ0) is 26.3. The Labute approximate surface area is 195 Å². The Hall–Kier alpha value is -2.65. The average Bonchev–Trinajstić information content (AvgIpc) is 3.08. The monoisotopic (exact) mass is 526 g/mol. The highest BCUT2D eigenvalue weighted by Crippen LogP contribution is 2.37. The summed E-state index contributed by atoms with van der Waals surface area (Å²) in [6.07, 6.45) is 0. The lowest BCUT2D eigenvalue weighted by molar-refractivity contribution is -0.0500. The summed E-state index contributed by atoms with van der Waals surface area (Å²) in [6, 6.07) is 1.80. The molecule has 2 aromatic rings. The van der Waals surface area contributed by atoms with Crippen LogP contribution >= 0.6 is 0 Å². The molecule has 0 atom stereocenters. The van der Waals surface area contributed by atoms with Crippen molar-refractivity contribution in [1.29, 1.82) is 0 Å². The molecule has 0 amide bonds. The van der Waals surface area contributed by atoms with Crippen LogP contribution in [0.25, 0.3) is 5.52 Å². The molecule has 2 heterocycles. The van der Waals surface area contributed by atoms with Gasteiger partial charge >= 0.3 is 27.6 Å². The van der Waals surface area contributed by atoms with E-state index in [2.05, 4.69) is 18.8 Å². The number of hydrogen-bond donors (Lipinski definition) is 0. The number of esters is 2. The fraction of sp³-hybridized carbons (Fsp3) is 0.526. The predicted molar refractivity (Wildman–Crippen MR) is 115 cm³/mol. The highest BCUT2D eigenvalue weighted by atomic mass is 32.2. The van der Waals surface area contributed by atoms with Gasteiger partial charge in [-0.3, -0.25) is 0 Å². The van der Waals surface area contributed by atoms with Gasteiger partial charge in [-0.1, -0.05) is 20.8 Å². The molecule has 0 saturated heterocycles. The molecule has 0 bridgehead atoms. The summed E-state index contributed by atoms with van der Waals surface area (Å²) in [7, 11) is -6.36. The number of ether oxygens (including phenoxy) is 2. The quantitative estimate of drug-likeness (QED) is 0.230. The first kappa shape index (κ1) is 27.6. The molecule has 0 fully saturated rings. The van der Waals surface area contributed by atoms with E-state index in [9.17, 15) is 31.2 Å². The molecule has 0 aliphatic heterocycles. The maximum Gasteiger partial charge on any atom is 0.534 e. The van der Waals surface area contributed by atoms with Gasteiger partial charge in [0.1, 0.15) is 11.3 Å². The van der Waals surface area contributed by atoms with E-state index < -0.39 is 52.9 Å². The smallest absolute Gasteiger partial charge is 0.465 e. The lowest BCUT2D eigenvalue weighted by Gasteiger charge is -2.36. The summed E-state index contributed by atoms with van der Waals surface area (Å²) < 4.78 is 82.6. The van der Waals surface area contributed by atoms with Crippen molar-refractivity contribution in [2.24, 2.45) is 0 Å². The number of alkyl halides is 3. The molecule has 0 saturated carbocycles. The van der Waals surface area contributed by atoms with E-state index in [1.807, 2.05) is 33.9 Å². The number of carbonyl (C=O) groups excluding carboxylic acids is 2. The number of fused-ring (bicyclic) bond motifs is 1. The van der Waals surface area contributed by atoms with Crippen molar-refractivity contribution in [3.63, 3.8) is 0 Å². The van der Waals surface area contributed by atoms with Crippen molar-refractivity contribution in [3.05, 3.63) is 29.1 Å². The minimum absolute atomic E-state index is 0.0232. The predicted octanol–water partition coefficient (Wildman–Crippen LogP) is 3.66. The van der Waals surface area contributed by atoms with Gasteiger partial charge in [-0.2, -0.15) is 26.7 Å². The van der Waals surface area contributed by atoms with Crippen LogP contribution in [0.15, 0.2) is 12.1 Å².